The summed E-state index contributed by atoms with van der Waals surface area (Å²) < 4.78 is 45.3. The van der Waals surface area contributed by atoms with Gasteiger partial charge in [-0.2, -0.15) is 13.2 Å². The number of ether oxygens (including phenoxy) is 1. The molecule has 0 aliphatic rings. The van der Waals surface area contributed by atoms with Gasteiger partial charge in [0.2, 0.25) is 0 Å². The molecule has 0 amide bonds. The second kappa shape index (κ2) is 5.26. The van der Waals surface area contributed by atoms with E-state index in [0.717, 1.165) is 0 Å². The molecule has 0 atom stereocenters. The molecule has 2 aromatic rings. The molecular weight excluding hydrogens is 285 g/mol. The zero-order chi connectivity index (χ0) is 14.0. The second-order valence-electron chi connectivity index (χ2n) is 3.87. The van der Waals surface area contributed by atoms with Gasteiger partial charge in [0.25, 0.3) is 0 Å². The lowest BCUT2D eigenvalue weighted by Gasteiger charge is -2.05. The van der Waals surface area contributed by atoms with Crippen molar-refractivity contribution < 1.29 is 22.3 Å². The first-order chi connectivity index (χ1) is 8.85. The van der Waals surface area contributed by atoms with E-state index in [0.29, 0.717) is 21.8 Å². The van der Waals surface area contributed by atoms with Crippen LogP contribution in [0.3, 0.4) is 0 Å². The van der Waals surface area contributed by atoms with Gasteiger partial charge in [-0.05, 0) is 6.07 Å². The average Bonchev–Trinajstić information content (AvgIpc) is 2.66. The molecule has 0 fully saturated rings. The van der Waals surface area contributed by atoms with Crippen LogP contribution >= 0.6 is 11.6 Å². The van der Waals surface area contributed by atoms with Gasteiger partial charge in [0.15, 0.2) is 11.5 Å². The quantitative estimate of drug-likeness (QED) is 0.695. The lowest BCUT2D eigenvalue weighted by molar-refractivity contribution is -0.173. The van der Waals surface area contributed by atoms with Gasteiger partial charge in [0.1, 0.15) is 12.1 Å². The Morgan fingerprint density at radius 1 is 1.37 bits per heavy atom. The van der Waals surface area contributed by atoms with E-state index in [9.17, 15) is 13.2 Å². The van der Waals surface area contributed by atoms with E-state index >= 15 is 0 Å². The predicted octanol–water partition coefficient (Wildman–Crippen LogP) is 3.18. The summed E-state index contributed by atoms with van der Waals surface area (Å²) in [5, 5.41) is 0.348. The maximum absolute atomic E-state index is 11.8. The van der Waals surface area contributed by atoms with Gasteiger partial charge < -0.3 is 14.9 Å². The van der Waals surface area contributed by atoms with Gasteiger partial charge in [0.05, 0.1) is 17.3 Å². The third-order valence-corrected chi connectivity index (χ3v) is 2.60. The van der Waals surface area contributed by atoms with Crippen molar-refractivity contribution in [1.29, 1.82) is 0 Å². The monoisotopic (exact) mass is 294 g/mol. The molecule has 0 bridgehead atoms. The number of hydrogen-bond donors (Lipinski definition) is 1. The van der Waals surface area contributed by atoms with Crippen molar-refractivity contribution in [2.45, 2.75) is 12.6 Å². The minimum absolute atomic E-state index is 0.129. The number of aromatic nitrogens is 1. The Hall–Kier alpha value is -1.47. The highest BCUT2D eigenvalue weighted by Gasteiger charge is 2.27. The van der Waals surface area contributed by atoms with Crippen LogP contribution in [0.25, 0.3) is 11.1 Å². The summed E-state index contributed by atoms with van der Waals surface area (Å²) in [4.78, 5) is 4.08. The maximum atomic E-state index is 11.8. The molecule has 1 heterocycles. The summed E-state index contributed by atoms with van der Waals surface area (Å²) in [6, 6.07) is 3.06. The molecule has 0 saturated heterocycles. The SMILES string of the molecule is Nc1cc2oc(CCOCC(F)(F)F)nc2cc1Cl. The number of fused-ring (bicyclic) bond motifs is 1. The van der Waals surface area contributed by atoms with Crippen molar-refractivity contribution in [3.05, 3.63) is 23.0 Å². The van der Waals surface area contributed by atoms with Crippen LogP contribution in [-0.4, -0.2) is 24.4 Å². The fourth-order valence-corrected chi connectivity index (χ4v) is 1.62. The summed E-state index contributed by atoms with van der Waals surface area (Å²) in [5.41, 5.74) is 6.89. The summed E-state index contributed by atoms with van der Waals surface area (Å²) in [5.74, 6) is 0.277. The normalized spacial score (nSPS) is 12.2. The van der Waals surface area contributed by atoms with Gasteiger partial charge in [-0.1, -0.05) is 11.6 Å². The number of nitrogens with zero attached hydrogens (tertiary/aromatic N) is 1. The van der Waals surface area contributed by atoms with Gasteiger partial charge in [-0.15, -0.1) is 0 Å². The number of anilines is 1. The highest BCUT2D eigenvalue weighted by Crippen LogP contribution is 2.26. The van der Waals surface area contributed by atoms with Crippen LogP contribution in [0, 0.1) is 0 Å². The third-order valence-electron chi connectivity index (χ3n) is 2.28. The number of rotatable bonds is 4. The molecule has 0 aliphatic carbocycles. The van der Waals surface area contributed by atoms with Crippen molar-refractivity contribution >= 4 is 28.4 Å². The number of oxazole rings is 1. The van der Waals surface area contributed by atoms with Crippen LogP contribution < -0.4 is 5.73 Å². The van der Waals surface area contributed by atoms with Crippen LogP contribution in [0.1, 0.15) is 5.89 Å². The molecule has 8 heteroatoms. The fourth-order valence-electron chi connectivity index (χ4n) is 1.47. The Morgan fingerprint density at radius 3 is 2.79 bits per heavy atom. The summed E-state index contributed by atoms with van der Waals surface area (Å²) in [6.45, 7) is -1.42. The molecule has 4 nitrogen and oxygen atoms in total. The van der Waals surface area contributed by atoms with Gasteiger partial charge in [-0.3, -0.25) is 0 Å². The van der Waals surface area contributed by atoms with E-state index < -0.39 is 12.8 Å². The van der Waals surface area contributed by atoms with Gasteiger partial charge >= 0.3 is 6.18 Å². The molecule has 1 aromatic carbocycles. The van der Waals surface area contributed by atoms with E-state index in [1.807, 2.05) is 0 Å². The summed E-state index contributed by atoms with van der Waals surface area (Å²) in [7, 11) is 0. The molecule has 19 heavy (non-hydrogen) atoms. The molecule has 2 N–H and O–H groups in total. The predicted molar refractivity (Wildman–Crippen MR) is 64.0 cm³/mol. The van der Waals surface area contributed by atoms with Crippen molar-refractivity contribution in [2.24, 2.45) is 0 Å². The van der Waals surface area contributed by atoms with Crippen molar-refractivity contribution in [3.8, 4) is 0 Å². The highest BCUT2D eigenvalue weighted by atomic mass is 35.5. The van der Waals surface area contributed by atoms with Crippen LogP contribution in [0.5, 0.6) is 0 Å². The first kappa shape index (κ1) is 14.0. The van der Waals surface area contributed by atoms with Crippen LogP contribution in [0.4, 0.5) is 18.9 Å². The van der Waals surface area contributed by atoms with Crippen LogP contribution in [0.15, 0.2) is 16.5 Å². The van der Waals surface area contributed by atoms with E-state index in [1.165, 1.54) is 12.1 Å². The molecule has 104 valence electrons. The second-order valence-corrected chi connectivity index (χ2v) is 4.27. The minimum Gasteiger partial charge on any atom is -0.441 e. The smallest absolute Gasteiger partial charge is 0.411 e. The lowest BCUT2D eigenvalue weighted by atomic mass is 10.3. The molecule has 0 aliphatic heterocycles. The number of benzene rings is 1. The first-order valence-corrected chi connectivity index (χ1v) is 5.72. The number of halogens is 4. The van der Waals surface area contributed by atoms with Gasteiger partial charge in [0, 0.05) is 12.5 Å². The molecule has 0 radical (unpaired) electrons. The van der Waals surface area contributed by atoms with Crippen molar-refractivity contribution in [2.75, 3.05) is 18.9 Å². The highest BCUT2D eigenvalue weighted by molar-refractivity contribution is 6.33. The summed E-state index contributed by atoms with van der Waals surface area (Å²) in [6.07, 6.45) is -4.19. The molecule has 2 rings (SSSR count). The Morgan fingerprint density at radius 2 is 2.11 bits per heavy atom. The molecule has 0 saturated carbocycles. The number of nitrogen functional groups attached to an aromatic ring is 1. The largest absolute Gasteiger partial charge is 0.441 e. The lowest BCUT2D eigenvalue weighted by Crippen LogP contribution is -2.17. The Balaban J connectivity index is 1.98. The average molecular weight is 295 g/mol. The molecular formula is C11H10ClF3N2O2. The minimum atomic E-state index is -4.33. The van der Waals surface area contributed by atoms with E-state index in [2.05, 4.69) is 9.72 Å². The number of hydrogen-bond acceptors (Lipinski definition) is 4. The topological polar surface area (TPSA) is 61.3 Å². The van der Waals surface area contributed by atoms with Crippen molar-refractivity contribution in [1.82, 2.24) is 4.98 Å². The fraction of sp³-hybridized carbons (Fsp3) is 0.364. The van der Waals surface area contributed by atoms with E-state index in [1.54, 1.807) is 0 Å². The maximum Gasteiger partial charge on any atom is 0.411 e. The zero-order valence-electron chi connectivity index (χ0n) is 9.63. The first-order valence-electron chi connectivity index (χ1n) is 5.34. The van der Waals surface area contributed by atoms with Crippen molar-refractivity contribution in [3.63, 3.8) is 0 Å². The Kier molecular flexibility index (Phi) is 3.86. The van der Waals surface area contributed by atoms with Gasteiger partial charge in [-0.25, -0.2) is 4.98 Å². The zero-order valence-corrected chi connectivity index (χ0v) is 10.4. The Labute approximate surface area is 111 Å². The van der Waals surface area contributed by atoms with Crippen LogP contribution in [-0.2, 0) is 11.2 Å². The van der Waals surface area contributed by atoms with E-state index in [4.69, 9.17) is 21.8 Å². The van der Waals surface area contributed by atoms with E-state index in [-0.39, 0.29) is 18.9 Å². The molecule has 0 unspecified atom stereocenters. The number of alkyl halides is 3. The van der Waals surface area contributed by atoms with Crippen LogP contribution in [0.2, 0.25) is 5.02 Å². The molecule has 0 spiro atoms. The molecule has 1 aromatic heterocycles. The standard InChI is InChI=1S/C11H10ClF3N2O2/c12-6-3-8-9(4-7(6)16)19-10(17-8)1-2-18-5-11(13,14)15/h3-4H,1-2,5,16H2. The third kappa shape index (κ3) is 3.74. The number of nitrogens with two attached hydrogens (primary N) is 1. The summed E-state index contributed by atoms with van der Waals surface area (Å²) >= 11 is 5.82. The Bertz CT molecular complexity index is 544.